The van der Waals surface area contributed by atoms with Crippen LogP contribution in [0.15, 0.2) is 59.1 Å². The number of methoxy groups -OCH3 is 1. The summed E-state index contributed by atoms with van der Waals surface area (Å²) in [4.78, 5) is 20.0. The fraction of sp³-hybridized carbons (Fsp3) is 0.111. The molecular formula is C18H15ClN2O2S2. The van der Waals surface area contributed by atoms with Gasteiger partial charge in [-0.1, -0.05) is 35.5 Å². The van der Waals surface area contributed by atoms with E-state index in [4.69, 9.17) is 16.3 Å². The van der Waals surface area contributed by atoms with E-state index in [-0.39, 0.29) is 5.91 Å². The van der Waals surface area contributed by atoms with Crippen LogP contribution < -0.4 is 9.64 Å². The average molecular weight is 391 g/mol. The van der Waals surface area contributed by atoms with Crippen molar-refractivity contribution in [3.05, 3.63) is 64.0 Å². The van der Waals surface area contributed by atoms with Crippen molar-refractivity contribution in [2.24, 2.45) is 4.99 Å². The van der Waals surface area contributed by atoms with Gasteiger partial charge in [0.05, 0.1) is 17.8 Å². The zero-order chi connectivity index (χ0) is 17.8. The third kappa shape index (κ3) is 3.81. The lowest BCUT2D eigenvalue weighted by Crippen LogP contribution is -2.30. The summed E-state index contributed by atoms with van der Waals surface area (Å²) in [6.07, 6.45) is 3.57. The number of carbonyl (C=O) groups is 1. The molecule has 0 saturated heterocycles. The van der Waals surface area contributed by atoms with Crippen LogP contribution in [0.2, 0.25) is 5.02 Å². The number of nitrogens with zero attached hydrogens (tertiary/aromatic N) is 2. The summed E-state index contributed by atoms with van der Waals surface area (Å²) in [6.45, 7) is 3.73. The van der Waals surface area contributed by atoms with Crippen LogP contribution in [0.4, 0.5) is 5.69 Å². The van der Waals surface area contributed by atoms with Crippen LogP contribution in [0.5, 0.6) is 5.75 Å². The quantitative estimate of drug-likeness (QED) is 0.528. The molecule has 0 atom stereocenters. The zero-order valence-electron chi connectivity index (χ0n) is 13.4. The minimum Gasteiger partial charge on any atom is -0.495 e. The molecule has 1 aromatic heterocycles. The molecule has 2 aromatic rings. The molecule has 1 aromatic carbocycles. The molecule has 0 N–H and O–H groups in total. The summed E-state index contributed by atoms with van der Waals surface area (Å²) < 4.78 is 5.18. The number of halogens is 1. The summed E-state index contributed by atoms with van der Waals surface area (Å²) in [5.74, 6) is 1.03. The number of ether oxygens (including phenoxy) is 1. The molecule has 128 valence electrons. The van der Waals surface area contributed by atoms with Crippen molar-refractivity contribution in [2.75, 3.05) is 17.8 Å². The lowest BCUT2D eigenvalue weighted by Gasteiger charge is -2.18. The number of thioether (sulfide) groups is 1. The number of anilines is 1. The minimum atomic E-state index is -0.179. The molecule has 0 fully saturated rings. The molecule has 2 heterocycles. The van der Waals surface area contributed by atoms with Gasteiger partial charge in [-0.05, 0) is 35.7 Å². The Morgan fingerprint density at radius 3 is 2.92 bits per heavy atom. The third-order valence-electron chi connectivity index (χ3n) is 3.38. The highest BCUT2D eigenvalue weighted by Crippen LogP contribution is 2.34. The zero-order valence-corrected chi connectivity index (χ0v) is 15.8. The van der Waals surface area contributed by atoms with Gasteiger partial charge in [0.2, 0.25) is 0 Å². The molecule has 0 saturated carbocycles. The lowest BCUT2D eigenvalue weighted by molar-refractivity contribution is -0.113. The first-order chi connectivity index (χ1) is 12.1. The lowest BCUT2D eigenvalue weighted by atomic mass is 10.2. The van der Waals surface area contributed by atoms with E-state index in [0.29, 0.717) is 33.1 Å². The van der Waals surface area contributed by atoms with Gasteiger partial charge >= 0.3 is 0 Å². The highest BCUT2D eigenvalue weighted by Gasteiger charge is 2.32. The molecule has 3 rings (SSSR count). The molecule has 1 aliphatic heterocycles. The number of rotatable bonds is 5. The van der Waals surface area contributed by atoms with E-state index < -0.39 is 0 Å². The predicted molar refractivity (Wildman–Crippen MR) is 108 cm³/mol. The number of hydrogen-bond donors (Lipinski definition) is 0. The van der Waals surface area contributed by atoms with Crippen molar-refractivity contribution in [1.82, 2.24) is 0 Å². The highest BCUT2D eigenvalue weighted by atomic mass is 35.5. The maximum atomic E-state index is 12.9. The van der Waals surface area contributed by atoms with Crippen molar-refractivity contribution < 1.29 is 9.53 Å². The van der Waals surface area contributed by atoms with Crippen LogP contribution >= 0.6 is 34.7 Å². The van der Waals surface area contributed by atoms with Crippen LogP contribution in [0.1, 0.15) is 4.88 Å². The number of amides is 1. The van der Waals surface area contributed by atoms with Gasteiger partial charge in [-0.3, -0.25) is 9.69 Å². The predicted octanol–water partition coefficient (Wildman–Crippen LogP) is 5.07. The second kappa shape index (κ2) is 7.91. The SMILES string of the molecule is C=CCSC1=N/C(=C/c2cccs2)C(=O)N1c1ccc(OC)c(Cl)c1. The Morgan fingerprint density at radius 2 is 2.28 bits per heavy atom. The topological polar surface area (TPSA) is 41.9 Å². The number of amidine groups is 1. The van der Waals surface area contributed by atoms with E-state index in [1.807, 2.05) is 17.5 Å². The Balaban J connectivity index is 1.99. The van der Waals surface area contributed by atoms with Gasteiger partial charge in [-0.15, -0.1) is 17.9 Å². The second-order valence-corrected chi connectivity index (χ2v) is 7.37. The summed E-state index contributed by atoms with van der Waals surface area (Å²) >= 11 is 9.23. The molecule has 0 spiro atoms. The Bertz CT molecular complexity index is 860. The van der Waals surface area contributed by atoms with E-state index >= 15 is 0 Å². The van der Waals surface area contributed by atoms with Crippen LogP contribution in [0.25, 0.3) is 6.08 Å². The van der Waals surface area contributed by atoms with Crippen LogP contribution in [-0.4, -0.2) is 23.9 Å². The molecule has 0 unspecified atom stereocenters. The fourth-order valence-electron chi connectivity index (χ4n) is 2.26. The first kappa shape index (κ1) is 17.8. The molecule has 0 aliphatic carbocycles. The monoisotopic (exact) mass is 390 g/mol. The third-order valence-corrected chi connectivity index (χ3v) is 5.42. The summed E-state index contributed by atoms with van der Waals surface area (Å²) in [7, 11) is 1.55. The Kier molecular flexibility index (Phi) is 5.63. The van der Waals surface area contributed by atoms with Crippen molar-refractivity contribution in [2.45, 2.75) is 0 Å². The first-order valence-electron chi connectivity index (χ1n) is 7.39. The van der Waals surface area contributed by atoms with Gasteiger partial charge in [-0.2, -0.15) is 0 Å². The van der Waals surface area contributed by atoms with Crippen molar-refractivity contribution >= 4 is 57.5 Å². The van der Waals surface area contributed by atoms with E-state index in [1.54, 1.807) is 53.7 Å². The molecule has 1 amide bonds. The molecule has 0 radical (unpaired) electrons. The number of aliphatic imine (C=N–C) groups is 1. The number of hydrogen-bond acceptors (Lipinski definition) is 5. The standard InChI is InChI=1S/C18H15ClN2O2S2/c1-3-8-25-18-20-15(11-13-5-4-9-24-13)17(22)21(18)12-6-7-16(23-2)14(19)10-12/h3-7,9-11H,1,8H2,2H3/b15-11+. The van der Waals surface area contributed by atoms with Gasteiger partial charge in [0, 0.05) is 10.6 Å². The molecule has 0 bridgehead atoms. The molecule has 1 aliphatic rings. The number of thiophene rings is 1. The first-order valence-corrected chi connectivity index (χ1v) is 9.64. The number of carbonyl (C=O) groups excluding carboxylic acids is 1. The van der Waals surface area contributed by atoms with Crippen LogP contribution in [-0.2, 0) is 4.79 Å². The Hall–Kier alpha value is -2.02. The van der Waals surface area contributed by atoms with Crippen molar-refractivity contribution in [1.29, 1.82) is 0 Å². The fourth-order valence-corrected chi connectivity index (χ4v) is 3.91. The second-order valence-electron chi connectivity index (χ2n) is 5.00. The number of benzene rings is 1. The van der Waals surface area contributed by atoms with Gasteiger partial charge in [0.25, 0.3) is 5.91 Å². The van der Waals surface area contributed by atoms with E-state index in [0.717, 1.165) is 4.88 Å². The highest BCUT2D eigenvalue weighted by molar-refractivity contribution is 8.14. The van der Waals surface area contributed by atoms with E-state index in [9.17, 15) is 4.79 Å². The average Bonchev–Trinajstić information content (AvgIpc) is 3.22. The van der Waals surface area contributed by atoms with Gasteiger partial charge < -0.3 is 4.74 Å². The Morgan fingerprint density at radius 1 is 1.44 bits per heavy atom. The summed E-state index contributed by atoms with van der Waals surface area (Å²) in [5.41, 5.74) is 1.06. The van der Waals surface area contributed by atoms with E-state index in [2.05, 4.69) is 11.6 Å². The normalized spacial score (nSPS) is 15.6. The minimum absolute atomic E-state index is 0.179. The van der Waals surface area contributed by atoms with Crippen LogP contribution in [0.3, 0.4) is 0 Å². The maximum absolute atomic E-state index is 12.9. The van der Waals surface area contributed by atoms with Crippen molar-refractivity contribution in [3.63, 3.8) is 0 Å². The van der Waals surface area contributed by atoms with Gasteiger partial charge in [0.1, 0.15) is 11.4 Å². The van der Waals surface area contributed by atoms with Gasteiger partial charge in [0.15, 0.2) is 5.17 Å². The molecule has 4 nitrogen and oxygen atoms in total. The van der Waals surface area contributed by atoms with Crippen LogP contribution in [0, 0.1) is 0 Å². The summed E-state index contributed by atoms with van der Waals surface area (Å²) in [5, 5.41) is 3.01. The molecule has 7 heteroatoms. The van der Waals surface area contributed by atoms with Gasteiger partial charge in [-0.25, -0.2) is 4.99 Å². The maximum Gasteiger partial charge on any atom is 0.283 e. The largest absolute Gasteiger partial charge is 0.495 e. The molecule has 25 heavy (non-hydrogen) atoms. The molecular weight excluding hydrogens is 376 g/mol. The smallest absolute Gasteiger partial charge is 0.283 e. The van der Waals surface area contributed by atoms with Crippen molar-refractivity contribution in [3.8, 4) is 5.75 Å². The summed E-state index contributed by atoms with van der Waals surface area (Å²) in [6, 6.07) is 9.12. The van der Waals surface area contributed by atoms with E-state index in [1.165, 1.54) is 11.8 Å². The Labute approximate surface area is 159 Å².